The number of nitrogens with zero attached hydrogens (tertiary/aromatic N) is 2. The molecule has 0 aromatic rings. The third-order valence-corrected chi connectivity index (χ3v) is 5.35. The van der Waals surface area contributed by atoms with Crippen LogP contribution in [0.25, 0.3) is 0 Å². The summed E-state index contributed by atoms with van der Waals surface area (Å²) in [6.45, 7) is 8.16. The van der Waals surface area contributed by atoms with Crippen LogP contribution in [-0.4, -0.2) is 53.1 Å². The van der Waals surface area contributed by atoms with Crippen molar-refractivity contribution in [1.29, 1.82) is 0 Å². The largest absolute Gasteiger partial charge is 0.332 e. The van der Waals surface area contributed by atoms with Crippen LogP contribution in [0.2, 0.25) is 0 Å². The Bertz CT molecular complexity index is 321. The molecule has 19 heavy (non-hydrogen) atoms. The summed E-state index contributed by atoms with van der Waals surface area (Å²) in [5, 5.41) is 0.865. The molecule has 1 heterocycles. The number of rotatable bonds is 7. The molecule has 0 bridgehead atoms. The van der Waals surface area contributed by atoms with Crippen LogP contribution < -0.4 is 0 Å². The molecule has 0 spiro atoms. The Morgan fingerprint density at radius 1 is 1.05 bits per heavy atom. The molecule has 4 nitrogen and oxygen atoms in total. The monoisotopic (exact) mass is 332 g/mol. The average molecular weight is 333 g/mol. The summed E-state index contributed by atoms with van der Waals surface area (Å²) < 4.78 is 0. The van der Waals surface area contributed by atoms with Gasteiger partial charge in [-0.15, -0.1) is 0 Å². The third kappa shape index (κ3) is 3.94. The van der Waals surface area contributed by atoms with E-state index in [2.05, 4.69) is 29.8 Å². The van der Waals surface area contributed by atoms with Gasteiger partial charge in [0.15, 0.2) is 0 Å². The van der Waals surface area contributed by atoms with E-state index >= 15 is 0 Å². The van der Waals surface area contributed by atoms with Crippen LogP contribution in [-0.2, 0) is 9.59 Å². The van der Waals surface area contributed by atoms with Gasteiger partial charge in [-0.25, -0.2) is 0 Å². The molecule has 1 saturated heterocycles. The van der Waals surface area contributed by atoms with Crippen molar-refractivity contribution in [3.63, 3.8) is 0 Å². The van der Waals surface area contributed by atoms with Gasteiger partial charge in [0, 0.05) is 18.4 Å². The van der Waals surface area contributed by atoms with Crippen molar-refractivity contribution >= 4 is 27.7 Å². The summed E-state index contributed by atoms with van der Waals surface area (Å²) >= 11 is 3.56. The Kier molecular flexibility index (Phi) is 6.30. The topological polar surface area (TPSA) is 40.6 Å². The van der Waals surface area contributed by atoms with Crippen molar-refractivity contribution in [3.8, 4) is 0 Å². The van der Waals surface area contributed by atoms with Crippen LogP contribution in [0.4, 0.5) is 0 Å². The first kappa shape index (κ1) is 16.5. The van der Waals surface area contributed by atoms with E-state index in [1.165, 1.54) is 0 Å². The Balaban J connectivity index is 2.70. The zero-order chi connectivity index (χ0) is 14.5. The number of halogens is 1. The molecular weight excluding hydrogens is 308 g/mol. The molecule has 0 unspecified atom stereocenters. The van der Waals surface area contributed by atoms with Crippen molar-refractivity contribution < 1.29 is 9.59 Å². The van der Waals surface area contributed by atoms with Gasteiger partial charge in [0.1, 0.15) is 0 Å². The van der Waals surface area contributed by atoms with Crippen molar-refractivity contribution in [3.05, 3.63) is 0 Å². The second-order valence-electron chi connectivity index (χ2n) is 5.41. The lowest BCUT2D eigenvalue weighted by Crippen LogP contribution is -2.56. The van der Waals surface area contributed by atoms with Crippen LogP contribution in [0.15, 0.2) is 0 Å². The number of piperazine rings is 1. The number of carbonyl (C=O) groups is 2. The smallest absolute Gasteiger partial charge is 0.242 e. The Hall–Kier alpha value is -0.580. The maximum absolute atomic E-state index is 12.2. The lowest BCUT2D eigenvalue weighted by Gasteiger charge is -2.40. The molecule has 0 atom stereocenters. The second kappa shape index (κ2) is 7.27. The molecular formula is C14H25BrN2O2. The Morgan fingerprint density at radius 3 is 2.05 bits per heavy atom. The van der Waals surface area contributed by atoms with E-state index in [1.54, 1.807) is 9.80 Å². The first-order chi connectivity index (χ1) is 9.01. The minimum atomic E-state index is 0.0807. The average Bonchev–Trinajstić information content (AvgIpc) is 2.42. The van der Waals surface area contributed by atoms with E-state index in [-0.39, 0.29) is 30.3 Å². The molecule has 1 aliphatic heterocycles. The van der Waals surface area contributed by atoms with Gasteiger partial charge in [0.05, 0.1) is 13.1 Å². The highest BCUT2D eigenvalue weighted by Gasteiger charge is 2.35. The second-order valence-corrected chi connectivity index (χ2v) is 5.97. The number of amides is 2. The molecule has 1 aliphatic rings. The molecule has 110 valence electrons. The zero-order valence-corrected chi connectivity index (χ0v) is 13.8. The van der Waals surface area contributed by atoms with Crippen LogP contribution in [0.5, 0.6) is 0 Å². The van der Waals surface area contributed by atoms with E-state index < -0.39 is 0 Å². The lowest BCUT2D eigenvalue weighted by atomic mass is 9.84. The number of hydrogen-bond donors (Lipinski definition) is 0. The fourth-order valence-electron chi connectivity index (χ4n) is 2.43. The molecule has 0 aliphatic carbocycles. The van der Waals surface area contributed by atoms with Crippen molar-refractivity contribution in [1.82, 2.24) is 9.80 Å². The molecule has 1 rings (SSSR count). The molecule has 1 fully saturated rings. The maximum Gasteiger partial charge on any atom is 0.242 e. The highest BCUT2D eigenvalue weighted by Crippen LogP contribution is 2.30. The molecule has 0 saturated carbocycles. The highest BCUT2D eigenvalue weighted by molar-refractivity contribution is 9.09. The minimum Gasteiger partial charge on any atom is -0.332 e. The summed E-state index contributed by atoms with van der Waals surface area (Å²) in [6, 6.07) is 0. The molecule has 2 amide bonds. The standard InChI is InChI=1S/C14H25BrN2O2/c1-4-7-16-8-13(19)17(9-12(16)18)11-14(5-2,6-3)10-15/h4-11H2,1-3H3. The quantitative estimate of drug-likeness (QED) is 0.671. The number of alkyl halides is 1. The Labute approximate surface area is 124 Å². The van der Waals surface area contributed by atoms with Gasteiger partial charge in [0.25, 0.3) is 0 Å². The van der Waals surface area contributed by atoms with E-state index in [9.17, 15) is 9.59 Å². The Morgan fingerprint density at radius 2 is 1.58 bits per heavy atom. The highest BCUT2D eigenvalue weighted by atomic mass is 79.9. The van der Waals surface area contributed by atoms with Crippen molar-refractivity contribution in [2.24, 2.45) is 5.41 Å². The normalized spacial score (nSPS) is 17.3. The molecule has 0 aromatic carbocycles. The van der Waals surface area contributed by atoms with Crippen LogP contribution >= 0.6 is 15.9 Å². The van der Waals surface area contributed by atoms with Gasteiger partial charge in [0.2, 0.25) is 11.8 Å². The van der Waals surface area contributed by atoms with Gasteiger partial charge in [-0.2, -0.15) is 0 Å². The van der Waals surface area contributed by atoms with Gasteiger partial charge in [-0.1, -0.05) is 36.7 Å². The number of hydrogen-bond acceptors (Lipinski definition) is 2. The SMILES string of the molecule is CCCN1CC(=O)N(CC(CC)(CC)CBr)CC1=O. The zero-order valence-electron chi connectivity index (χ0n) is 12.2. The van der Waals surface area contributed by atoms with Crippen LogP contribution in [0.1, 0.15) is 40.0 Å². The lowest BCUT2D eigenvalue weighted by molar-refractivity contribution is -0.151. The van der Waals surface area contributed by atoms with E-state index in [4.69, 9.17) is 0 Å². The number of carbonyl (C=O) groups excluding carboxylic acids is 2. The minimum absolute atomic E-state index is 0.0807. The summed E-state index contributed by atoms with van der Waals surface area (Å²) in [5.41, 5.74) is 0.0862. The summed E-state index contributed by atoms with van der Waals surface area (Å²) in [4.78, 5) is 27.6. The van der Waals surface area contributed by atoms with Crippen LogP contribution in [0.3, 0.4) is 0 Å². The fraction of sp³-hybridized carbons (Fsp3) is 0.857. The predicted molar refractivity (Wildman–Crippen MR) is 80.3 cm³/mol. The fourth-order valence-corrected chi connectivity index (χ4v) is 3.40. The summed E-state index contributed by atoms with van der Waals surface area (Å²) in [6.07, 6.45) is 2.91. The van der Waals surface area contributed by atoms with Gasteiger partial charge in [-0.05, 0) is 24.7 Å². The molecule has 5 heteroatoms. The van der Waals surface area contributed by atoms with Crippen molar-refractivity contribution in [2.75, 3.05) is 31.5 Å². The molecule has 0 N–H and O–H groups in total. The van der Waals surface area contributed by atoms with Gasteiger partial charge >= 0.3 is 0 Å². The summed E-state index contributed by atoms with van der Waals surface area (Å²) in [5.74, 6) is 0.164. The summed E-state index contributed by atoms with van der Waals surface area (Å²) in [7, 11) is 0. The third-order valence-electron chi connectivity index (χ3n) is 4.16. The van der Waals surface area contributed by atoms with E-state index in [0.29, 0.717) is 13.1 Å². The van der Waals surface area contributed by atoms with E-state index in [1.807, 2.05) is 6.92 Å². The van der Waals surface area contributed by atoms with Gasteiger partial charge in [-0.3, -0.25) is 9.59 Å². The maximum atomic E-state index is 12.2. The first-order valence-electron chi connectivity index (χ1n) is 7.13. The molecule has 0 aromatic heterocycles. The van der Waals surface area contributed by atoms with Crippen molar-refractivity contribution in [2.45, 2.75) is 40.0 Å². The van der Waals surface area contributed by atoms with Gasteiger partial charge < -0.3 is 9.80 Å². The van der Waals surface area contributed by atoms with Crippen LogP contribution in [0, 0.1) is 5.41 Å². The first-order valence-corrected chi connectivity index (χ1v) is 8.25. The van der Waals surface area contributed by atoms with E-state index in [0.717, 1.165) is 24.6 Å². The predicted octanol–water partition coefficient (Wildman–Crippen LogP) is 2.27. The molecule has 0 radical (unpaired) electrons.